The molecule has 3 heterocycles. The molecule has 1 saturated heterocycles. The molecule has 1 amide bonds. The Balaban J connectivity index is 1.69. The maximum Gasteiger partial charge on any atom is 0.263 e. The summed E-state index contributed by atoms with van der Waals surface area (Å²) in [7, 11) is 0. The standard InChI is InChI=1S/C21H27N3O3S2/c1-4-7-24-20(26)17-15-6-5-13(2)12-16(15)29-18(17)22-21(24)28-14(3)19(25)23-8-10-27-11-9-23/h4,13-14H,1,5-12H2,2-3H3. The number of morpholine rings is 1. The topological polar surface area (TPSA) is 64.4 Å². The lowest BCUT2D eigenvalue weighted by atomic mass is 9.89. The summed E-state index contributed by atoms with van der Waals surface area (Å²) in [5, 5.41) is 1.06. The van der Waals surface area contributed by atoms with Crippen LogP contribution < -0.4 is 5.56 Å². The molecule has 2 atom stereocenters. The summed E-state index contributed by atoms with van der Waals surface area (Å²) in [4.78, 5) is 35.0. The number of allylic oxidation sites excluding steroid dienone is 1. The molecule has 2 unspecified atom stereocenters. The number of thiophene rings is 1. The first-order chi connectivity index (χ1) is 14.0. The molecule has 156 valence electrons. The number of nitrogens with zero attached hydrogens (tertiary/aromatic N) is 3. The number of amides is 1. The zero-order valence-electron chi connectivity index (χ0n) is 17.0. The van der Waals surface area contributed by atoms with Crippen LogP contribution in [0.25, 0.3) is 10.2 Å². The second kappa shape index (κ2) is 8.62. The van der Waals surface area contributed by atoms with Crippen molar-refractivity contribution in [2.75, 3.05) is 26.3 Å². The van der Waals surface area contributed by atoms with Gasteiger partial charge >= 0.3 is 0 Å². The van der Waals surface area contributed by atoms with Crippen LogP contribution in [0.5, 0.6) is 0 Å². The summed E-state index contributed by atoms with van der Waals surface area (Å²) >= 11 is 3.01. The van der Waals surface area contributed by atoms with Gasteiger partial charge in [-0.2, -0.15) is 0 Å². The number of aryl methyl sites for hydroxylation is 1. The Morgan fingerprint density at radius 2 is 2.21 bits per heavy atom. The van der Waals surface area contributed by atoms with Crippen molar-refractivity contribution in [3.8, 4) is 0 Å². The first-order valence-corrected chi connectivity index (χ1v) is 11.9. The molecule has 0 bridgehead atoms. The number of fused-ring (bicyclic) bond motifs is 3. The molecule has 2 aromatic heterocycles. The van der Waals surface area contributed by atoms with Gasteiger partial charge in [0.25, 0.3) is 5.56 Å². The average Bonchev–Trinajstić information content (AvgIpc) is 3.08. The molecule has 1 aliphatic carbocycles. The molecule has 6 nitrogen and oxygen atoms in total. The second-order valence-corrected chi connectivity index (χ2v) is 10.2. The predicted molar refractivity (Wildman–Crippen MR) is 118 cm³/mol. The number of carbonyl (C=O) groups is 1. The largest absolute Gasteiger partial charge is 0.378 e. The van der Waals surface area contributed by atoms with Crippen molar-refractivity contribution < 1.29 is 9.53 Å². The van der Waals surface area contributed by atoms with Gasteiger partial charge in [-0.25, -0.2) is 4.98 Å². The van der Waals surface area contributed by atoms with Crippen molar-refractivity contribution in [3.63, 3.8) is 0 Å². The molecule has 0 aromatic carbocycles. The van der Waals surface area contributed by atoms with Gasteiger partial charge in [0, 0.05) is 24.5 Å². The first kappa shape index (κ1) is 20.6. The van der Waals surface area contributed by atoms with Crippen molar-refractivity contribution in [3.05, 3.63) is 33.4 Å². The molecule has 0 N–H and O–H groups in total. The Morgan fingerprint density at radius 1 is 1.45 bits per heavy atom. The molecule has 1 aliphatic heterocycles. The lowest BCUT2D eigenvalue weighted by molar-refractivity contribution is -0.134. The number of rotatable bonds is 5. The number of aromatic nitrogens is 2. The Labute approximate surface area is 178 Å². The fraction of sp³-hybridized carbons (Fsp3) is 0.571. The highest BCUT2D eigenvalue weighted by Crippen LogP contribution is 2.37. The van der Waals surface area contributed by atoms with E-state index in [-0.39, 0.29) is 16.7 Å². The third-order valence-electron chi connectivity index (χ3n) is 5.64. The van der Waals surface area contributed by atoms with Crippen LogP contribution >= 0.6 is 23.1 Å². The average molecular weight is 434 g/mol. The van der Waals surface area contributed by atoms with Crippen molar-refractivity contribution >= 4 is 39.2 Å². The number of carbonyl (C=O) groups excluding carboxylic acids is 1. The summed E-state index contributed by atoms with van der Waals surface area (Å²) in [6, 6.07) is 0. The van der Waals surface area contributed by atoms with E-state index in [1.807, 2.05) is 11.8 Å². The zero-order valence-corrected chi connectivity index (χ0v) is 18.6. The maximum absolute atomic E-state index is 13.4. The molecular formula is C21H27N3O3S2. The molecular weight excluding hydrogens is 406 g/mol. The Kier molecular flexibility index (Phi) is 6.13. The van der Waals surface area contributed by atoms with Crippen LogP contribution in [0.15, 0.2) is 22.6 Å². The van der Waals surface area contributed by atoms with Crippen molar-refractivity contribution in [2.45, 2.75) is 50.1 Å². The molecule has 0 radical (unpaired) electrons. The normalized spacial score (nSPS) is 20.5. The van der Waals surface area contributed by atoms with E-state index >= 15 is 0 Å². The highest BCUT2D eigenvalue weighted by Gasteiger charge is 2.27. The van der Waals surface area contributed by atoms with Gasteiger partial charge < -0.3 is 9.64 Å². The fourth-order valence-corrected chi connectivity index (χ4v) is 6.46. The Morgan fingerprint density at radius 3 is 2.93 bits per heavy atom. The van der Waals surface area contributed by atoms with E-state index in [1.54, 1.807) is 22.0 Å². The minimum absolute atomic E-state index is 0.00419. The molecule has 0 saturated carbocycles. The molecule has 29 heavy (non-hydrogen) atoms. The SMILES string of the molecule is C=CCn1c(SC(C)C(=O)N2CCOCC2)nc2sc3c(c2c1=O)CCC(C)C3. The zero-order chi connectivity index (χ0) is 20.5. The Hall–Kier alpha value is -1.64. The third-order valence-corrected chi connectivity index (χ3v) is 7.87. The van der Waals surface area contributed by atoms with Gasteiger partial charge in [0.2, 0.25) is 5.91 Å². The third kappa shape index (κ3) is 4.02. The second-order valence-electron chi connectivity index (χ2n) is 7.83. The highest BCUT2D eigenvalue weighted by molar-refractivity contribution is 8.00. The van der Waals surface area contributed by atoms with Crippen LogP contribution in [0, 0.1) is 5.92 Å². The van der Waals surface area contributed by atoms with Crippen LogP contribution in [0.3, 0.4) is 0 Å². The maximum atomic E-state index is 13.4. The van der Waals surface area contributed by atoms with Crippen molar-refractivity contribution in [1.29, 1.82) is 0 Å². The van der Waals surface area contributed by atoms with Gasteiger partial charge in [-0.15, -0.1) is 17.9 Å². The van der Waals surface area contributed by atoms with Crippen LogP contribution in [-0.2, 0) is 28.9 Å². The van der Waals surface area contributed by atoms with Gasteiger partial charge in [0.05, 0.1) is 23.8 Å². The van der Waals surface area contributed by atoms with Gasteiger partial charge in [-0.3, -0.25) is 14.2 Å². The predicted octanol–water partition coefficient (Wildman–Crippen LogP) is 3.11. The molecule has 2 aromatic rings. The van der Waals surface area contributed by atoms with E-state index in [0.717, 1.165) is 29.5 Å². The number of hydrogen-bond acceptors (Lipinski definition) is 6. The van der Waals surface area contributed by atoms with Crippen LogP contribution in [0.1, 0.15) is 30.7 Å². The van der Waals surface area contributed by atoms with E-state index in [9.17, 15) is 9.59 Å². The number of hydrogen-bond donors (Lipinski definition) is 0. The monoisotopic (exact) mass is 433 g/mol. The molecule has 8 heteroatoms. The van der Waals surface area contributed by atoms with E-state index in [0.29, 0.717) is 43.9 Å². The molecule has 0 spiro atoms. The Bertz CT molecular complexity index is 991. The molecule has 1 fully saturated rings. The van der Waals surface area contributed by atoms with Crippen LogP contribution in [-0.4, -0.2) is 51.9 Å². The summed E-state index contributed by atoms with van der Waals surface area (Å²) in [5.41, 5.74) is 1.18. The summed E-state index contributed by atoms with van der Waals surface area (Å²) in [6.45, 7) is 10.7. The number of ether oxygens (including phenoxy) is 1. The van der Waals surface area contributed by atoms with E-state index < -0.39 is 0 Å². The summed E-state index contributed by atoms with van der Waals surface area (Å²) < 4.78 is 7.02. The van der Waals surface area contributed by atoms with Crippen molar-refractivity contribution in [1.82, 2.24) is 14.5 Å². The van der Waals surface area contributed by atoms with Gasteiger partial charge in [0.15, 0.2) is 5.16 Å². The van der Waals surface area contributed by atoms with Crippen molar-refractivity contribution in [2.24, 2.45) is 5.92 Å². The van der Waals surface area contributed by atoms with Crippen LogP contribution in [0.2, 0.25) is 0 Å². The van der Waals surface area contributed by atoms with Gasteiger partial charge in [-0.05, 0) is 37.7 Å². The molecule has 2 aliphatic rings. The van der Waals surface area contributed by atoms with E-state index in [1.165, 1.54) is 22.2 Å². The smallest absolute Gasteiger partial charge is 0.263 e. The van der Waals surface area contributed by atoms with Gasteiger partial charge in [0.1, 0.15) is 4.83 Å². The minimum atomic E-state index is -0.317. The van der Waals surface area contributed by atoms with Gasteiger partial charge in [-0.1, -0.05) is 24.8 Å². The quantitative estimate of drug-likeness (QED) is 0.412. The number of thioether (sulfide) groups is 1. The lowest BCUT2D eigenvalue weighted by Gasteiger charge is -2.29. The minimum Gasteiger partial charge on any atom is -0.378 e. The summed E-state index contributed by atoms with van der Waals surface area (Å²) in [5.74, 6) is 0.711. The lowest BCUT2D eigenvalue weighted by Crippen LogP contribution is -2.44. The first-order valence-electron chi connectivity index (χ1n) is 10.2. The van der Waals surface area contributed by atoms with E-state index in [4.69, 9.17) is 9.72 Å². The fourth-order valence-electron chi connectivity index (χ4n) is 4.03. The summed E-state index contributed by atoms with van der Waals surface area (Å²) in [6.07, 6.45) is 4.79. The highest BCUT2D eigenvalue weighted by atomic mass is 32.2. The van der Waals surface area contributed by atoms with E-state index in [2.05, 4.69) is 13.5 Å². The van der Waals surface area contributed by atoms with Crippen LogP contribution in [0.4, 0.5) is 0 Å². The molecule has 4 rings (SSSR count).